The third-order valence-corrected chi connectivity index (χ3v) is 5.52. The predicted molar refractivity (Wildman–Crippen MR) is 90.3 cm³/mol. The van der Waals surface area contributed by atoms with Gasteiger partial charge in [0.05, 0.1) is 6.61 Å². The van der Waals surface area contributed by atoms with E-state index in [9.17, 15) is 0 Å². The molecule has 5 nitrogen and oxygen atoms in total. The van der Waals surface area contributed by atoms with Crippen LogP contribution >= 0.6 is 0 Å². The first-order valence-corrected chi connectivity index (χ1v) is 9.07. The van der Waals surface area contributed by atoms with Crippen molar-refractivity contribution in [2.75, 3.05) is 59.5 Å². The van der Waals surface area contributed by atoms with Crippen LogP contribution in [0.2, 0.25) is 0 Å². The second kappa shape index (κ2) is 7.64. The average Bonchev–Trinajstić information content (AvgIpc) is 3.27. The summed E-state index contributed by atoms with van der Waals surface area (Å²) >= 11 is 0. The molecular formula is C17H32N4O. The Kier molecular flexibility index (Phi) is 5.58. The molecule has 1 spiro atoms. The topological polar surface area (TPSA) is 40.1 Å². The minimum atomic E-state index is 0.410. The van der Waals surface area contributed by atoms with Gasteiger partial charge in [0.1, 0.15) is 0 Å². The fraction of sp³-hybridized carbons (Fsp3) is 0.941. The zero-order valence-corrected chi connectivity index (χ0v) is 14.1. The molecule has 1 N–H and O–H groups in total. The molecule has 3 fully saturated rings. The largest absolute Gasteiger partial charge is 0.381 e. The Balaban J connectivity index is 1.34. The maximum absolute atomic E-state index is 5.61. The number of nitrogens with one attached hydrogen (secondary N) is 1. The highest BCUT2D eigenvalue weighted by molar-refractivity contribution is 5.80. The van der Waals surface area contributed by atoms with Crippen molar-refractivity contribution in [1.29, 1.82) is 0 Å². The molecule has 1 atom stereocenters. The maximum Gasteiger partial charge on any atom is 0.193 e. The number of unbranched alkanes of at least 4 members (excludes halogenated alkanes) is 1. The average molecular weight is 308 g/mol. The van der Waals surface area contributed by atoms with E-state index in [-0.39, 0.29) is 0 Å². The van der Waals surface area contributed by atoms with E-state index < -0.39 is 0 Å². The normalized spacial score (nSPS) is 29.9. The molecule has 3 aliphatic heterocycles. The Hall–Kier alpha value is -0.810. The summed E-state index contributed by atoms with van der Waals surface area (Å²) in [5.74, 6) is 1.09. The van der Waals surface area contributed by atoms with Gasteiger partial charge in [0, 0.05) is 38.7 Å². The highest BCUT2D eigenvalue weighted by Gasteiger charge is 2.42. The molecule has 1 unspecified atom stereocenters. The van der Waals surface area contributed by atoms with Crippen molar-refractivity contribution in [3.8, 4) is 0 Å². The summed E-state index contributed by atoms with van der Waals surface area (Å²) in [5.41, 5.74) is 0.410. The molecule has 0 bridgehead atoms. The summed E-state index contributed by atoms with van der Waals surface area (Å²) in [6, 6.07) is 0. The predicted octanol–water partition coefficient (Wildman–Crippen LogP) is 1.55. The Morgan fingerprint density at radius 3 is 2.77 bits per heavy atom. The lowest BCUT2D eigenvalue weighted by molar-refractivity contribution is 0.156. The summed E-state index contributed by atoms with van der Waals surface area (Å²) in [7, 11) is 1.91. The molecule has 0 aromatic rings. The van der Waals surface area contributed by atoms with E-state index in [1.807, 2.05) is 7.05 Å². The van der Waals surface area contributed by atoms with Crippen LogP contribution < -0.4 is 5.32 Å². The van der Waals surface area contributed by atoms with Gasteiger partial charge in [0.2, 0.25) is 0 Å². The fourth-order valence-corrected chi connectivity index (χ4v) is 4.09. The van der Waals surface area contributed by atoms with Gasteiger partial charge in [-0.1, -0.05) is 0 Å². The van der Waals surface area contributed by atoms with E-state index in [2.05, 4.69) is 20.1 Å². The van der Waals surface area contributed by atoms with Gasteiger partial charge in [-0.2, -0.15) is 0 Å². The number of nitrogens with zero attached hydrogens (tertiary/aromatic N) is 3. The second-order valence-electron chi connectivity index (χ2n) is 7.20. The van der Waals surface area contributed by atoms with Crippen molar-refractivity contribution in [1.82, 2.24) is 15.1 Å². The van der Waals surface area contributed by atoms with Gasteiger partial charge in [0.15, 0.2) is 5.96 Å². The van der Waals surface area contributed by atoms with Crippen molar-refractivity contribution in [3.63, 3.8) is 0 Å². The molecule has 0 aromatic heterocycles. The molecule has 0 aliphatic carbocycles. The maximum atomic E-state index is 5.61. The Morgan fingerprint density at radius 2 is 2.05 bits per heavy atom. The number of hydrogen-bond acceptors (Lipinski definition) is 3. The van der Waals surface area contributed by atoms with Gasteiger partial charge in [-0.15, -0.1) is 0 Å². The van der Waals surface area contributed by atoms with Gasteiger partial charge >= 0.3 is 0 Å². The molecule has 3 saturated heterocycles. The van der Waals surface area contributed by atoms with E-state index in [1.54, 1.807) is 0 Å². The summed E-state index contributed by atoms with van der Waals surface area (Å²) in [6.45, 7) is 9.05. The van der Waals surface area contributed by atoms with Gasteiger partial charge in [0.25, 0.3) is 0 Å². The highest BCUT2D eigenvalue weighted by Crippen LogP contribution is 2.38. The molecule has 0 aromatic carbocycles. The molecule has 22 heavy (non-hydrogen) atoms. The van der Waals surface area contributed by atoms with Crippen LogP contribution in [0.3, 0.4) is 0 Å². The third kappa shape index (κ3) is 3.93. The van der Waals surface area contributed by atoms with E-state index in [4.69, 9.17) is 4.74 Å². The number of guanidine groups is 1. The first kappa shape index (κ1) is 16.1. The van der Waals surface area contributed by atoms with Crippen LogP contribution in [0.1, 0.15) is 38.5 Å². The molecule has 0 saturated carbocycles. The van der Waals surface area contributed by atoms with Gasteiger partial charge < -0.3 is 19.9 Å². The van der Waals surface area contributed by atoms with Crippen molar-refractivity contribution < 1.29 is 4.74 Å². The van der Waals surface area contributed by atoms with Crippen molar-refractivity contribution in [3.05, 3.63) is 0 Å². The van der Waals surface area contributed by atoms with E-state index >= 15 is 0 Å². The summed E-state index contributed by atoms with van der Waals surface area (Å²) < 4.78 is 5.61. The molecule has 3 aliphatic rings. The Labute approximate surface area is 135 Å². The van der Waals surface area contributed by atoms with Crippen LogP contribution in [0.5, 0.6) is 0 Å². The molecule has 126 valence electrons. The lowest BCUT2D eigenvalue weighted by Gasteiger charge is -2.25. The number of rotatable bonds is 5. The SMILES string of the molecule is CN=C(NCCCCN1CCCC1)N1CCC2(CCOC2)C1. The zero-order valence-electron chi connectivity index (χ0n) is 14.1. The molecule has 3 heterocycles. The summed E-state index contributed by atoms with van der Waals surface area (Å²) in [4.78, 5) is 9.50. The summed E-state index contributed by atoms with van der Waals surface area (Å²) in [6.07, 6.45) is 7.79. The molecule has 0 radical (unpaired) electrons. The van der Waals surface area contributed by atoms with E-state index in [1.165, 1.54) is 58.2 Å². The number of ether oxygens (including phenoxy) is 1. The molecular weight excluding hydrogens is 276 g/mol. The minimum absolute atomic E-state index is 0.410. The highest BCUT2D eigenvalue weighted by atomic mass is 16.5. The van der Waals surface area contributed by atoms with Crippen molar-refractivity contribution in [2.45, 2.75) is 38.5 Å². The van der Waals surface area contributed by atoms with Crippen LogP contribution in [0.15, 0.2) is 4.99 Å². The standard InChI is InChI=1S/C17H32N4O/c1-18-16(19-8-2-3-9-20-10-4-5-11-20)21-12-6-17(14-21)7-13-22-15-17/h2-15H2,1H3,(H,18,19). The number of hydrogen-bond donors (Lipinski definition) is 1. The minimum Gasteiger partial charge on any atom is -0.381 e. The van der Waals surface area contributed by atoms with Crippen LogP contribution in [-0.2, 0) is 4.74 Å². The summed E-state index contributed by atoms with van der Waals surface area (Å²) in [5, 5.41) is 3.56. The van der Waals surface area contributed by atoms with Crippen LogP contribution in [0.25, 0.3) is 0 Å². The van der Waals surface area contributed by atoms with E-state index in [0.717, 1.165) is 38.8 Å². The lowest BCUT2D eigenvalue weighted by atomic mass is 9.87. The molecule has 5 heteroatoms. The number of likely N-dealkylation sites (tertiary alicyclic amines) is 2. The quantitative estimate of drug-likeness (QED) is 0.475. The number of aliphatic imine (C=N–C) groups is 1. The third-order valence-electron chi connectivity index (χ3n) is 5.52. The van der Waals surface area contributed by atoms with Crippen LogP contribution in [0, 0.1) is 5.41 Å². The van der Waals surface area contributed by atoms with Crippen LogP contribution in [0.4, 0.5) is 0 Å². The fourth-order valence-electron chi connectivity index (χ4n) is 4.09. The molecule has 3 rings (SSSR count). The lowest BCUT2D eigenvalue weighted by Crippen LogP contribution is -2.41. The van der Waals surface area contributed by atoms with E-state index in [0.29, 0.717) is 5.41 Å². The Morgan fingerprint density at radius 1 is 1.18 bits per heavy atom. The zero-order chi connectivity index (χ0) is 15.3. The molecule has 0 amide bonds. The van der Waals surface area contributed by atoms with Gasteiger partial charge in [-0.05, 0) is 58.2 Å². The van der Waals surface area contributed by atoms with Gasteiger partial charge in [-0.3, -0.25) is 4.99 Å². The second-order valence-corrected chi connectivity index (χ2v) is 7.20. The van der Waals surface area contributed by atoms with Crippen molar-refractivity contribution >= 4 is 5.96 Å². The monoisotopic (exact) mass is 308 g/mol. The van der Waals surface area contributed by atoms with Crippen molar-refractivity contribution in [2.24, 2.45) is 10.4 Å². The Bertz CT molecular complexity index is 373. The van der Waals surface area contributed by atoms with Gasteiger partial charge in [-0.25, -0.2) is 0 Å². The first-order chi connectivity index (χ1) is 10.8. The van der Waals surface area contributed by atoms with Crippen LogP contribution in [-0.4, -0.2) is 75.3 Å². The first-order valence-electron chi connectivity index (χ1n) is 9.07. The smallest absolute Gasteiger partial charge is 0.193 e.